The third kappa shape index (κ3) is 6.33. The van der Waals surface area contributed by atoms with Gasteiger partial charge in [-0.05, 0) is 69.2 Å². The van der Waals surface area contributed by atoms with E-state index in [0.29, 0.717) is 18.2 Å². The first-order chi connectivity index (χ1) is 18.0. The molecule has 3 heterocycles. The second-order valence-corrected chi connectivity index (χ2v) is 10.2. The van der Waals surface area contributed by atoms with Crippen LogP contribution in [0.2, 0.25) is 0 Å². The number of fused-ring (bicyclic) bond motifs is 2. The van der Waals surface area contributed by atoms with Gasteiger partial charge in [0.15, 0.2) is 0 Å². The first-order valence-corrected chi connectivity index (χ1v) is 13.6. The maximum Gasteiger partial charge on any atom is 0.252 e. The molecule has 0 radical (unpaired) electrons. The van der Waals surface area contributed by atoms with Crippen LogP contribution in [0.5, 0.6) is 0 Å². The number of aliphatic hydroxyl groups excluding tert-OH is 3. The Balaban J connectivity index is 1.60. The molecule has 1 aromatic heterocycles. The van der Waals surface area contributed by atoms with Crippen molar-refractivity contribution in [2.24, 2.45) is 0 Å². The molecule has 1 aromatic carbocycles. The number of aromatic nitrogens is 1. The zero-order chi connectivity index (χ0) is 26.4. The van der Waals surface area contributed by atoms with Gasteiger partial charge in [-0.3, -0.25) is 15.0 Å². The number of piperidine rings is 1. The number of rotatable bonds is 6. The lowest BCUT2D eigenvalue weighted by molar-refractivity contribution is 0.0568. The highest BCUT2D eigenvalue weighted by atomic mass is 16.3. The third-order valence-corrected chi connectivity index (χ3v) is 7.91. The summed E-state index contributed by atoms with van der Waals surface area (Å²) >= 11 is 0. The van der Waals surface area contributed by atoms with E-state index in [1.807, 2.05) is 25.1 Å². The zero-order valence-electron chi connectivity index (χ0n) is 22.1. The van der Waals surface area contributed by atoms with Gasteiger partial charge in [0, 0.05) is 54.7 Å². The average Bonchev–Trinajstić information content (AvgIpc) is 2.89. The highest BCUT2D eigenvalue weighted by Gasteiger charge is 2.29. The number of pyridine rings is 1. The number of likely N-dealkylation sites (tertiary alicyclic amines) is 1. The molecule has 0 spiro atoms. The van der Waals surface area contributed by atoms with E-state index in [1.54, 1.807) is 0 Å². The maximum absolute atomic E-state index is 12.7. The molecule has 37 heavy (non-hydrogen) atoms. The standard InChI is InChI=1S/C29H42N4O4/c1-3-33(22-12-14-32(15-13-22)23(18-34)19-35)27-11-7-10-25-24(27)9-6-4-5-8-21-16-20(2)31-29(37)26(21)17-30-28(25)36/h4,6-7,10-11,16,22-23,28,30,34-36H,3,5,8-9,12-15,17-19H2,1-2H3,(H,31,37). The Hall–Kier alpha value is -2.49. The topological polar surface area (TPSA) is 112 Å². The molecule has 2 aliphatic rings. The highest BCUT2D eigenvalue weighted by Crippen LogP contribution is 2.32. The van der Waals surface area contributed by atoms with Crippen LogP contribution in [0.1, 0.15) is 60.4 Å². The molecule has 5 N–H and O–H groups in total. The molecule has 1 saturated heterocycles. The molecule has 0 bridgehead atoms. The van der Waals surface area contributed by atoms with Crippen molar-refractivity contribution in [2.75, 3.05) is 37.7 Å². The van der Waals surface area contributed by atoms with Crippen LogP contribution in [0.3, 0.4) is 0 Å². The fraction of sp³-hybridized carbons (Fsp3) is 0.552. The minimum absolute atomic E-state index is 0.0297. The van der Waals surface area contributed by atoms with Gasteiger partial charge in [0.1, 0.15) is 6.23 Å². The van der Waals surface area contributed by atoms with Crippen LogP contribution < -0.4 is 15.8 Å². The van der Waals surface area contributed by atoms with Crippen LogP contribution >= 0.6 is 0 Å². The Morgan fingerprint density at radius 1 is 1.14 bits per heavy atom. The van der Waals surface area contributed by atoms with E-state index >= 15 is 0 Å². The minimum Gasteiger partial charge on any atom is -0.395 e. The number of H-pyrrole nitrogens is 1. The smallest absolute Gasteiger partial charge is 0.252 e. The van der Waals surface area contributed by atoms with Gasteiger partial charge in [0.2, 0.25) is 0 Å². The molecular formula is C29H42N4O4. The summed E-state index contributed by atoms with van der Waals surface area (Å²) in [5.41, 5.74) is 5.53. The second-order valence-electron chi connectivity index (χ2n) is 10.2. The van der Waals surface area contributed by atoms with E-state index in [9.17, 15) is 20.1 Å². The van der Waals surface area contributed by atoms with Crippen molar-refractivity contribution in [1.29, 1.82) is 0 Å². The third-order valence-electron chi connectivity index (χ3n) is 7.91. The number of hydrogen-bond donors (Lipinski definition) is 5. The fourth-order valence-corrected chi connectivity index (χ4v) is 5.88. The molecule has 0 amide bonds. The lowest BCUT2D eigenvalue weighted by Crippen LogP contribution is -2.50. The summed E-state index contributed by atoms with van der Waals surface area (Å²) in [6.45, 7) is 6.82. The van der Waals surface area contributed by atoms with E-state index in [0.717, 1.165) is 79.8 Å². The van der Waals surface area contributed by atoms with Crippen molar-refractivity contribution in [3.63, 3.8) is 0 Å². The molecule has 0 saturated carbocycles. The van der Waals surface area contributed by atoms with E-state index in [-0.39, 0.29) is 24.8 Å². The Morgan fingerprint density at radius 3 is 2.59 bits per heavy atom. The lowest BCUT2D eigenvalue weighted by Gasteiger charge is -2.42. The molecular weight excluding hydrogens is 468 g/mol. The minimum atomic E-state index is -0.897. The van der Waals surface area contributed by atoms with Crippen LogP contribution in [0.15, 0.2) is 41.2 Å². The van der Waals surface area contributed by atoms with Gasteiger partial charge in [-0.15, -0.1) is 0 Å². The largest absolute Gasteiger partial charge is 0.395 e. The number of benzene rings is 1. The Labute approximate surface area is 219 Å². The van der Waals surface area contributed by atoms with Gasteiger partial charge in [-0.2, -0.15) is 0 Å². The molecule has 0 aliphatic carbocycles. The summed E-state index contributed by atoms with van der Waals surface area (Å²) in [6.07, 6.45) is 7.71. The van der Waals surface area contributed by atoms with Crippen molar-refractivity contribution >= 4 is 5.69 Å². The van der Waals surface area contributed by atoms with Crippen molar-refractivity contribution < 1.29 is 15.3 Å². The summed E-state index contributed by atoms with van der Waals surface area (Å²) in [6, 6.07) is 8.30. The predicted molar refractivity (Wildman–Crippen MR) is 147 cm³/mol. The first kappa shape index (κ1) is 27.5. The predicted octanol–water partition coefficient (Wildman–Crippen LogP) is 2.15. The average molecular weight is 511 g/mol. The summed E-state index contributed by atoms with van der Waals surface area (Å²) < 4.78 is 0. The quantitative estimate of drug-likeness (QED) is 0.379. The van der Waals surface area contributed by atoms with Gasteiger partial charge in [0.05, 0.1) is 19.3 Å². The number of hydrogen-bond acceptors (Lipinski definition) is 7. The number of aryl methyl sites for hydroxylation is 2. The molecule has 2 aromatic rings. The normalized spacial score (nSPS) is 19.7. The Bertz CT molecular complexity index is 1120. The molecule has 4 rings (SSSR count). The fourth-order valence-electron chi connectivity index (χ4n) is 5.88. The summed E-state index contributed by atoms with van der Waals surface area (Å²) in [4.78, 5) is 20.2. The molecule has 1 fully saturated rings. The van der Waals surface area contributed by atoms with E-state index < -0.39 is 6.23 Å². The second kappa shape index (κ2) is 12.8. The first-order valence-electron chi connectivity index (χ1n) is 13.6. The number of allylic oxidation sites excluding steroid dienone is 2. The van der Waals surface area contributed by atoms with Crippen molar-refractivity contribution in [1.82, 2.24) is 15.2 Å². The van der Waals surface area contributed by atoms with Crippen LogP contribution in [0, 0.1) is 6.92 Å². The van der Waals surface area contributed by atoms with Gasteiger partial charge >= 0.3 is 0 Å². The molecule has 1 unspecified atom stereocenters. The van der Waals surface area contributed by atoms with Gasteiger partial charge in [-0.1, -0.05) is 24.3 Å². The van der Waals surface area contributed by atoms with Gasteiger partial charge < -0.3 is 25.2 Å². The number of anilines is 1. The zero-order valence-corrected chi connectivity index (χ0v) is 22.1. The van der Waals surface area contributed by atoms with Crippen molar-refractivity contribution in [3.05, 3.63) is 74.7 Å². The number of nitrogens with one attached hydrogen (secondary N) is 2. The number of aliphatic hydroxyl groups is 3. The van der Waals surface area contributed by atoms with Crippen molar-refractivity contribution in [2.45, 2.75) is 70.8 Å². The molecule has 8 nitrogen and oxygen atoms in total. The summed E-state index contributed by atoms with van der Waals surface area (Å²) in [5.74, 6) is 0. The van der Waals surface area contributed by atoms with Crippen LogP contribution in [-0.2, 0) is 19.4 Å². The van der Waals surface area contributed by atoms with Crippen LogP contribution in [0.25, 0.3) is 0 Å². The highest BCUT2D eigenvalue weighted by molar-refractivity contribution is 5.59. The lowest BCUT2D eigenvalue weighted by atomic mass is 9.95. The van der Waals surface area contributed by atoms with Gasteiger partial charge in [-0.25, -0.2) is 0 Å². The molecule has 202 valence electrons. The van der Waals surface area contributed by atoms with Crippen LogP contribution in [0.4, 0.5) is 5.69 Å². The van der Waals surface area contributed by atoms with Crippen LogP contribution in [-0.4, -0.2) is 70.1 Å². The Kier molecular flexibility index (Phi) is 9.56. The van der Waals surface area contributed by atoms with Crippen molar-refractivity contribution in [3.8, 4) is 0 Å². The summed E-state index contributed by atoms with van der Waals surface area (Å²) in [7, 11) is 0. The number of nitrogens with zero attached hydrogens (tertiary/aromatic N) is 2. The van der Waals surface area contributed by atoms with Gasteiger partial charge in [0.25, 0.3) is 5.56 Å². The summed E-state index contributed by atoms with van der Waals surface area (Å²) in [5, 5.41) is 33.6. The monoisotopic (exact) mass is 510 g/mol. The van der Waals surface area contributed by atoms with E-state index in [4.69, 9.17) is 0 Å². The SMILES string of the molecule is CCN(c1cccc2c1CC=CCCc1cc(C)[nH]c(=O)c1CNC2O)C1CCN(C(CO)CO)CC1. The Morgan fingerprint density at radius 2 is 1.89 bits per heavy atom. The van der Waals surface area contributed by atoms with E-state index in [1.165, 1.54) is 0 Å². The molecule has 8 heteroatoms. The molecule has 1 atom stereocenters. The maximum atomic E-state index is 12.7. The molecule has 2 aliphatic heterocycles. The van der Waals surface area contributed by atoms with E-state index in [2.05, 4.69) is 45.2 Å². The number of aromatic amines is 1.